The molecule has 0 aliphatic carbocycles. The molecule has 0 saturated carbocycles. The van der Waals surface area contributed by atoms with Crippen LogP contribution in [-0.4, -0.2) is 51.5 Å². The minimum absolute atomic E-state index is 0.0698. The van der Waals surface area contributed by atoms with E-state index in [1.807, 2.05) is 5.38 Å². The number of nitrogens with one attached hydrogen (secondary N) is 1. The Balaban J connectivity index is 1.46. The average molecular weight is 465 g/mol. The zero-order valence-corrected chi connectivity index (χ0v) is 17.4. The number of nitrogens with zero attached hydrogens (tertiary/aromatic N) is 4. The van der Waals surface area contributed by atoms with Crippen LogP contribution in [0.4, 0.5) is 19.0 Å². The number of anilines is 1. The van der Waals surface area contributed by atoms with Gasteiger partial charge in [0.25, 0.3) is 11.5 Å². The lowest BCUT2D eigenvalue weighted by molar-refractivity contribution is -0.137. The molecule has 32 heavy (non-hydrogen) atoms. The van der Waals surface area contributed by atoms with E-state index in [1.165, 1.54) is 22.3 Å². The highest BCUT2D eigenvalue weighted by molar-refractivity contribution is 7.09. The molecule has 1 fully saturated rings. The van der Waals surface area contributed by atoms with Crippen LogP contribution in [0.5, 0.6) is 0 Å². The Labute approximate surface area is 183 Å². The highest BCUT2D eigenvalue weighted by Crippen LogP contribution is 2.29. The van der Waals surface area contributed by atoms with Gasteiger partial charge in [-0.1, -0.05) is 6.07 Å². The highest BCUT2D eigenvalue weighted by Gasteiger charge is 2.31. The van der Waals surface area contributed by atoms with Crippen molar-refractivity contribution in [1.29, 1.82) is 0 Å². The predicted molar refractivity (Wildman–Crippen MR) is 112 cm³/mol. The summed E-state index contributed by atoms with van der Waals surface area (Å²) in [6, 6.07) is 5.86. The molecule has 3 aromatic heterocycles. The van der Waals surface area contributed by atoms with Gasteiger partial charge in [0.15, 0.2) is 0 Å². The molecule has 1 saturated heterocycles. The molecular formula is C20H18F3N5O3S. The zero-order chi connectivity index (χ0) is 22.9. The van der Waals surface area contributed by atoms with E-state index in [4.69, 9.17) is 0 Å². The van der Waals surface area contributed by atoms with Gasteiger partial charge in [0.1, 0.15) is 11.4 Å². The van der Waals surface area contributed by atoms with Gasteiger partial charge in [-0.05, 0) is 23.6 Å². The minimum atomic E-state index is -4.45. The topological polar surface area (TPSA) is 91.3 Å². The number of H-pyrrole nitrogens is 1. The fraction of sp³-hybridized carbons (Fsp3) is 0.300. The fourth-order valence-corrected chi connectivity index (χ4v) is 4.11. The number of carbonyl (C=O) groups is 1. The number of hydrogen-bond donors (Lipinski definition) is 1. The Bertz CT molecular complexity index is 1210. The number of aromatic nitrogens is 3. The number of alkyl halides is 3. The normalized spacial score (nSPS) is 14.6. The number of piperazine rings is 1. The highest BCUT2D eigenvalue weighted by atomic mass is 32.1. The van der Waals surface area contributed by atoms with E-state index in [9.17, 15) is 27.6 Å². The molecule has 0 radical (unpaired) electrons. The van der Waals surface area contributed by atoms with Crippen LogP contribution < -0.4 is 16.1 Å². The number of hydrogen-bond acceptors (Lipinski definition) is 6. The average Bonchev–Trinajstić information content (AvgIpc) is 3.29. The maximum Gasteiger partial charge on any atom is 0.417 e. The monoisotopic (exact) mass is 465 g/mol. The number of pyridine rings is 1. The quantitative estimate of drug-likeness (QED) is 0.637. The van der Waals surface area contributed by atoms with Gasteiger partial charge in [-0.3, -0.25) is 14.2 Å². The molecule has 1 aliphatic heterocycles. The first-order chi connectivity index (χ1) is 15.2. The number of rotatable bonds is 4. The molecule has 3 aromatic rings. The van der Waals surface area contributed by atoms with Crippen molar-refractivity contribution in [1.82, 2.24) is 19.4 Å². The standard InChI is InChI=1S/C20H18F3N5O3S/c21-20(22,23)13-3-4-16(24-10-13)26-5-7-27(8-6-26)17(29)15-11-25-19(31)28(18(15)30)12-14-2-1-9-32-14/h1-4,9-11H,5-8,12H2,(H,25,31). The van der Waals surface area contributed by atoms with Gasteiger partial charge in [-0.25, -0.2) is 9.78 Å². The van der Waals surface area contributed by atoms with Gasteiger partial charge in [0.2, 0.25) is 0 Å². The molecule has 0 spiro atoms. The summed E-state index contributed by atoms with van der Waals surface area (Å²) >= 11 is 1.40. The van der Waals surface area contributed by atoms with Crippen molar-refractivity contribution in [3.8, 4) is 0 Å². The first-order valence-corrected chi connectivity index (χ1v) is 10.5. The maximum absolute atomic E-state index is 12.9. The number of aromatic amines is 1. The molecule has 4 heterocycles. The van der Waals surface area contributed by atoms with Crippen LogP contribution in [0.15, 0.2) is 51.6 Å². The van der Waals surface area contributed by atoms with Crippen LogP contribution in [0.25, 0.3) is 0 Å². The summed E-state index contributed by atoms with van der Waals surface area (Å²) < 4.78 is 39.1. The van der Waals surface area contributed by atoms with E-state index in [1.54, 1.807) is 17.0 Å². The summed E-state index contributed by atoms with van der Waals surface area (Å²) in [5.41, 5.74) is -2.23. The third-order valence-electron chi connectivity index (χ3n) is 5.15. The van der Waals surface area contributed by atoms with E-state index in [2.05, 4.69) is 9.97 Å². The lowest BCUT2D eigenvalue weighted by atomic mass is 10.2. The van der Waals surface area contributed by atoms with Gasteiger partial charge in [-0.15, -0.1) is 11.3 Å². The zero-order valence-electron chi connectivity index (χ0n) is 16.6. The molecule has 0 bridgehead atoms. The van der Waals surface area contributed by atoms with E-state index in [-0.39, 0.29) is 25.2 Å². The lowest BCUT2D eigenvalue weighted by Crippen LogP contribution is -2.50. The SMILES string of the molecule is O=C(c1c[nH]c(=O)n(Cc2cccs2)c1=O)N1CCN(c2ccc(C(F)(F)F)cn2)CC1. The van der Waals surface area contributed by atoms with Crippen molar-refractivity contribution < 1.29 is 18.0 Å². The van der Waals surface area contributed by atoms with Gasteiger partial charge in [-0.2, -0.15) is 13.2 Å². The molecule has 4 rings (SSSR count). The number of amides is 1. The van der Waals surface area contributed by atoms with Crippen molar-refractivity contribution in [2.45, 2.75) is 12.7 Å². The molecule has 1 N–H and O–H groups in total. The Morgan fingerprint density at radius 2 is 1.88 bits per heavy atom. The van der Waals surface area contributed by atoms with E-state index >= 15 is 0 Å². The Morgan fingerprint density at radius 3 is 2.47 bits per heavy atom. The second-order valence-electron chi connectivity index (χ2n) is 7.16. The Morgan fingerprint density at radius 1 is 1.12 bits per heavy atom. The summed E-state index contributed by atoms with van der Waals surface area (Å²) in [6.07, 6.45) is -2.55. The number of thiophene rings is 1. The van der Waals surface area contributed by atoms with Crippen molar-refractivity contribution in [2.24, 2.45) is 0 Å². The van der Waals surface area contributed by atoms with Crippen LogP contribution >= 0.6 is 11.3 Å². The minimum Gasteiger partial charge on any atom is -0.353 e. The van der Waals surface area contributed by atoms with Crippen LogP contribution in [0.3, 0.4) is 0 Å². The molecule has 8 nitrogen and oxygen atoms in total. The summed E-state index contributed by atoms with van der Waals surface area (Å²) in [5, 5.41) is 1.83. The van der Waals surface area contributed by atoms with Gasteiger partial charge >= 0.3 is 11.9 Å². The van der Waals surface area contributed by atoms with Crippen LogP contribution in [0.2, 0.25) is 0 Å². The molecule has 12 heteroatoms. The Hall–Kier alpha value is -3.41. The Kier molecular flexibility index (Phi) is 5.87. The van der Waals surface area contributed by atoms with E-state index < -0.39 is 28.9 Å². The van der Waals surface area contributed by atoms with Crippen molar-refractivity contribution in [3.63, 3.8) is 0 Å². The first kappa shape index (κ1) is 21.8. The van der Waals surface area contributed by atoms with Gasteiger partial charge < -0.3 is 14.8 Å². The molecule has 1 amide bonds. The first-order valence-electron chi connectivity index (χ1n) is 9.66. The molecule has 0 atom stereocenters. The largest absolute Gasteiger partial charge is 0.417 e. The molecule has 1 aliphatic rings. The van der Waals surface area contributed by atoms with Crippen molar-refractivity contribution >= 4 is 23.1 Å². The second kappa shape index (κ2) is 8.61. The maximum atomic E-state index is 12.9. The summed E-state index contributed by atoms with van der Waals surface area (Å²) in [4.78, 5) is 48.2. The third-order valence-corrected chi connectivity index (χ3v) is 6.01. The fourth-order valence-electron chi connectivity index (χ4n) is 3.42. The van der Waals surface area contributed by atoms with E-state index in [0.29, 0.717) is 18.9 Å². The van der Waals surface area contributed by atoms with Crippen LogP contribution in [-0.2, 0) is 12.7 Å². The third kappa shape index (κ3) is 4.44. The van der Waals surface area contributed by atoms with Crippen LogP contribution in [0.1, 0.15) is 20.8 Å². The molecular weight excluding hydrogens is 447 g/mol. The smallest absolute Gasteiger partial charge is 0.353 e. The summed E-state index contributed by atoms with van der Waals surface area (Å²) in [7, 11) is 0. The van der Waals surface area contributed by atoms with E-state index in [0.717, 1.165) is 27.9 Å². The van der Waals surface area contributed by atoms with Crippen molar-refractivity contribution in [2.75, 3.05) is 31.1 Å². The lowest BCUT2D eigenvalue weighted by Gasteiger charge is -2.35. The van der Waals surface area contributed by atoms with Gasteiger partial charge in [0.05, 0.1) is 12.1 Å². The van der Waals surface area contributed by atoms with Crippen molar-refractivity contribution in [3.05, 3.63) is 78.9 Å². The molecule has 0 aromatic carbocycles. The summed E-state index contributed by atoms with van der Waals surface area (Å²) in [5.74, 6) is -0.126. The molecule has 0 unspecified atom stereocenters. The summed E-state index contributed by atoms with van der Waals surface area (Å²) in [6.45, 7) is 1.27. The second-order valence-corrected chi connectivity index (χ2v) is 8.19. The number of halogens is 3. The van der Waals surface area contributed by atoms with Gasteiger partial charge in [0, 0.05) is 43.4 Å². The predicted octanol–water partition coefficient (Wildman–Crippen LogP) is 2.02. The number of carbonyl (C=O) groups excluding carboxylic acids is 1. The van der Waals surface area contributed by atoms with Crippen LogP contribution in [0, 0.1) is 0 Å². The molecule has 168 valence electrons.